The number of carbonyl (C=O) groups excluding carboxylic acids is 2. The average Bonchev–Trinajstić information content (AvgIpc) is 3.18. The van der Waals surface area contributed by atoms with Crippen LogP contribution >= 0.6 is 0 Å². The number of aliphatic hydroxyl groups excluding tert-OH is 2. The first-order chi connectivity index (χ1) is 27.0. The maximum Gasteiger partial charge on any atom is 0.305 e. The third-order valence-electron chi connectivity index (χ3n) is 11.0. The monoisotopic (exact) mass is 776 g/mol. The molecule has 1 amide bonds. The minimum atomic E-state index is -0.695. The highest BCUT2D eigenvalue weighted by molar-refractivity contribution is 5.76. The van der Waals surface area contributed by atoms with E-state index in [0.717, 1.165) is 70.6 Å². The normalized spacial score (nSPS) is 12.9. The zero-order valence-corrected chi connectivity index (χ0v) is 36.7. The fourth-order valence-corrected chi connectivity index (χ4v) is 7.21. The van der Waals surface area contributed by atoms with Crippen LogP contribution in [0.4, 0.5) is 0 Å². The van der Waals surface area contributed by atoms with E-state index in [0.29, 0.717) is 25.9 Å². The molecule has 2 atom stereocenters. The molecule has 0 rings (SSSR count). The zero-order valence-electron chi connectivity index (χ0n) is 36.7. The molecule has 0 fully saturated rings. The van der Waals surface area contributed by atoms with Crippen LogP contribution in [0.3, 0.4) is 0 Å². The molecule has 6 heteroatoms. The molecule has 0 aliphatic heterocycles. The van der Waals surface area contributed by atoms with Crippen molar-refractivity contribution < 1.29 is 24.5 Å². The molecule has 0 aromatic heterocycles. The lowest BCUT2D eigenvalue weighted by molar-refractivity contribution is -0.143. The van der Waals surface area contributed by atoms with Crippen LogP contribution in [-0.2, 0) is 14.3 Å². The molecule has 3 N–H and O–H groups in total. The van der Waals surface area contributed by atoms with Gasteiger partial charge >= 0.3 is 5.97 Å². The minimum absolute atomic E-state index is 0.0468. The van der Waals surface area contributed by atoms with Crippen LogP contribution in [0.15, 0.2) is 24.3 Å². The number of nitrogens with one attached hydrogen (secondary N) is 1. The number of hydrogen-bond donors (Lipinski definition) is 3. The second kappa shape index (κ2) is 45.0. The molecule has 0 saturated heterocycles. The van der Waals surface area contributed by atoms with Crippen LogP contribution in [0.5, 0.6) is 0 Å². The largest absolute Gasteiger partial charge is 0.466 e. The lowest BCUT2D eigenvalue weighted by Gasteiger charge is -2.22. The summed E-state index contributed by atoms with van der Waals surface area (Å²) in [6.45, 7) is 4.82. The highest BCUT2D eigenvalue weighted by atomic mass is 16.5. The number of amides is 1. The molecule has 55 heavy (non-hydrogen) atoms. The Balaban J connectivity index is 3.56. The summed E-state index contributed by atoms with van der Waals surface area (Å²) >= 11 is 0. The lowest BCUT2D eigenvalue weighted by Crippen LogP contribution is -2.45. The zero-order chi connectivity index (χ0) is 40.1. The minimum Gasteiger partial charge on any atom is -0.466 e. The van der Waals surface area contributed by atoms with E-state index in [9.17, 15) is 19.8 Å². The maximum absolute atomic E-state index is 12.4. The summed E-state index contributed by atoms with van der Waals surface area (Å²) in [5.41, 5.74) is 0. The molecule has 324 valence electrons. The molecular weight excluding hydrogens is 683 g/mol. The van der Waals surface area contributed by atoms with Gasteiger partial charge in [0.25, 0.3) is 0 Å². The molecule has 0 spiro atoms. The summed E-state index contributed by atoms with van der Waals surface area (Å²) in [7, 11) is 0. The van der Waals surface area contributed by atoms with Crippen molar-refractivity contribution in [2.24, 2.45) is 0 Å². The van der Waals surface area contributed by atoms with Crippen molar-refractivity contribution >= 4 is 11.9 Å². The molecule has 0 saturated carbocycles. The number of unbranched alkanes of at least 4 members (excludes halogenated alkanes) is 29. The number of esters is 1. The Hall–Kier alpha value is -1.66. The average molecular weight is 776 g/mol. The molecule has 0 aliphatic rings. The van der Waals surface area contributed by atoms with Gasteiger partial charge in [0, 0.05) is 12.8 Å². The first-order valence-electron chi connectivity index (χ1n) is 24.1. The third-order valence-corrected chi connectivity index (χ3v) is 11.0. The predicted molar refractivity (Wildman–Crippen MR) is 236 cm³/mol. The van der Waals surface area contributed by atoms with Gasteiger partial charge in [-0.2, -0.15) is 0 Å². The van der Waals surface area contributed by atoms with E-state index in [1.807, 2.05) is 0 Å². The fourth-order valence-electron chi connectivity index (χ4n) is 7.21. The Kier molecular flexibility index (Phi) is 43.7. The summed E-state index contributed by atoms with van der Waals surface area (Å²) in [4.78, 5) is 24.4. The van der Waals surface area contributed by atoms with Gasteiger partial charge in [0.1, 0.15) is 0 Å². The first kappa shape index (κ1) is 53.3. The van der Waals surface area contributed by atoms with E-state index >= 15 is 0 Å². The van der Waals surface area contributed by atoms with Gasteiger partial charge in [0.2, 0.25) is 5.91 Å². The molecule has 0 bridgehead atoms. The van der Waals surface area contributed by atoms with E-state index in [1.165, 1.54) is 148 Å². The van der Waals surface area contributed by atoms with Gasteiger partial charge in [-0.3, -0.25) is 9.59 Å². The van der Waals surface area contributed by atoms with Crippen LogP contribution in [-0.4, -0.2) is 47.4 Å². The van der Waals surface area contributed by atoms with Crippen LogP contribution in [0, 0.1) is 0 Å². The molecular formula is C49H93NO5. The molecule has 0 aromatic carbocycles. The van der Waals surface area contributed by atoms with Crippen LogP contribution in [0.25, 0.3) is 0 Å². The molecule has 0 heterocycles. The van der Waals surface area contributed by atoms with Crippen molar-refractivity contribution in [1.82, 2.24) is 5.32 Å². The van der Waals surface area contributed by atoms with E-state index in [-0.39, 0.29) is 18.5 Å². The summed E-state index contributed by atoms with van der Waals surface area (Å²) in [5.74, 6) is -0.143. The first-order valence-corrected chi connectivity index (χ1v) is 24.1. The molecule has 0 aliphatic carbocycles. The number of rotatable bonds is 44. The smallest absolute Gasteiger partial charge is 0.305 e. The van der Waals surface area contributed by atoms with Crippen molar-refractivity contribution in [3.63, 3.8) is 0 Å². The summed E-state index contributed by atoms with van der Waals surface area (Å²) in [6, 6.07) is -0.579. The van der Waals surface area contributed by atoms with Gasteiger partial charge < -0.3 is 20.3 Å². The number of hydrogen-bond acceptors (Lipinski definition) is 5. The fraction of sp³-hybridized carbons (Fsp3) is 0.878. The summed E-state index contributed by atoms with van der Waals surface area (Å²) in [6.07, 6.45) is 51.5. The molecule has 0 aromatic rings. The van der Waals surface area contributed by atoms with Crippen LogP contribution in [0.1, 0.15) is 251 Å². The van der Waals surface area contributed by atoms with Gasteiger partial charge in [0.15, 0.2) is 0 Å². The Morgan fingerprint density at radius 1 is 0.491 bits per heavy atom. The Bertz CT molecular complexity index is 858. The van der Waals surface area contributed by atoms with E-state index in [4.69, 9.17) is 4.74 Å². The van der Waals surface area contributed by atoms with E-state index in [2.05, 4.69) is 43.5 Å². The molecule has 6 nitrogen and oxygen atoms in total. The van der Waals surface area contributed by atoms with Crippen molar-refractivity contribution in [2.75, 3.05) is 13.2 Å². The second-order valence-electron chi connectivity index (χ2n) is 16.4. The van der Waals surface area contributed by atoms with Gasteiger partial charge in [-0.1, -0.05) is 199 Å². The Morgan fingerprint density at radius 3 is 1.38 bits per heavy atom. The van der Waals surface area contributed by atoms with Crippen LogP contribution in [0.2, 0.25) is 0 Å². The predicted octanol–water partition coefficient (Wildman–Crippen LogP) is 14.0. The number of carbonyl (C=O) groups is 2. The summed E-state index contributed by atoms with van der Waals surface area (Å²) in [5, 5.41) is 23.2. The van der Waals surface area contributed by atoms with Gasteiger partial charge in [-0.05, 0) is 64.2 Å². The highest BCUT2D eigenvalue weighted by Gasteiger charge is 2.20. The summed E-state index contributed by atoms with van der Waals surface area (Å²) < 4.78 is 5.41. The second-order valence-corrected chi connectivity index (χ2v) is 16.4. The quantitative estimate of drug-likeness (QED) is 0.0325. The Morgan fingerprint density at radius 2 is 0.891 bits per heavy atom. The van der Waals surface area contributed by atoms with Gasteiger partial charge in [-0.25, -0.2) is 0 Å². The molecule has 0 radical (unpaired) electrons. The number of allylic oxidation sites excluding steroid dienone is 4. The highest BCUT2D eigenvalue weighted by Crippen LogP contribution is 2.16. The number of ether oxygens (including phenoxy) is 1. The van der Waals surface area contributed by atoms with Gasteiger partial charge in [0.05, 0.1) is 25.4 Å². The van der Waals surface area contributed by atoms with E-state index in [1.54, 1.807) is 0 Å². The lowest BCUT2D eigenvalue weighted by atomic mass is 10.0. The molecule has 2 unspecified atom stereocenters. The van der Waals surface area contributed by atoms with Crippen molar-refractivity contribution in [3.05, 3.63) is 24.3 Å². The van der Waals surface area contributed by atoms with Crippen LogP contribution < -0.4 is 5.32 Å². The van der Waals surface area contributed by atoms with Crippen molar-refractivity contribution in [3.8, 4) is 0 Å². The van der Waals surface area contributed by atoms with Crippen molar-refractivity contribution in [2.45, 2.75) is 264 Å². The standard InChI is InChI=1S/C49H93NO5/c1-3-5-7-9-11-13-15-16-17-18-19-20-21-23-25-29-33-37-41-47(52)46(45-51)50-48(53)42-38-34-30-26-24-28-32-36-40-44-55-49(54)43-39-35-31-27-22-14-12-10-8-6-4-2/h10,12,26,30,46-47,51-52H,3-9,11,13-25,27-29,31-45H2,1-2H3,(H,50,53)/b12-10-,30-26-. The topological polar surface area (TPSA) is 95.9 Å². The van der Waals surface area contributed by atoms with E-state index < -0.39 is 12.1 Å². The van der Waals surface area contributed by atoms with Crippen molar-refractivity contribution in [1.29, 1.82) is 0 Å². The SMILES string of the molecule is CCCC/C=C\CCCCCCCC(=O)OCCCCCC/C=C\CCCC(=O)NC(CO)C(O)CCCCCCCCCCCCCCCCCCCC. The Labute approximate surface area is 341 Å². The third kappa shape index (κ3) is 41.8. The van der Waals surface area contributed by atoms with Gasteiger partial charge in [-0.15, -0.1) is 0 Å². The number of aliphatic hydroxyl groups is 2. The maximum atomic E-state index is 12.4.